The number of anilines is 1. The number of carbonyl (C=O) groups excluding carboxylic acids is 1. The van der Waals surface area contributed by atoms with Crippen LogP contribution in [0.2, 0.25) is 0 Å². The van der Waals surface area contributed by atoms with Crippen molar-refractivity contribution in [2.24, 2.45) is 0 Å². The topological polar surface area (TPSA) is 70.6 Å². The Balaban J connectivity index is 2.04. The number of rotatable bonds is 7. The summed E-state index contributed by atoms with van der Waals surface area (Å²) >= 11 is 0. The van der Waals surface area contributed by atoms with Gasteiger partial charge in [0.05, 0.1) is 36.5 Å². The molecule has 1 aromatic carbocycles. The summed E-state index contributed by atoms with van der Waals surface area (Å²) in [7, 11) is 3.52. The SMILES string of the molecule is CC/C=C\C=C(/C)NC(C)c1cc(C(=O)N(C)C)cc2ncc(N3CCOCC3)nc12. The Hall–Kier alpha value is -2.93. The molecule has 1 saturated heterocycles. The van der Waals surface area contributed by atoms with Gasteiger partial charge in [-0.25, -0.2) is 4.98 Å². The van der Waals surface area contributed by atoms with Crippen LogP contribution in [0.4, 0.5) is 5.82 Å². The zero-order valence-electron chi connectivity index (χ0n) is 19.2. The molecule has 2 heterocycles. The molecule has 2 aromatic rings. The van der Waals surface area contributed by atoms with Crippen LogP contribution in [0, 0.1) is 0 Å². The molecule has 31 heavy (non-hydrogen) atoms. The molecule has 166 valence electrons. The Morgan fingerprint density at radius 1 is 1.32 bits per heavy atom. The number of fused-ring (bicyclic) bond motifs is 1. The molecule has 0 spiro atoms. The lowest BCUT2D eigenvalue weighted by Crippen LogP contribution is -2.36. The lowest BCUT2D eigenvalue weighted by Gasteiger charge is -2.28. The van der Waals surface area contributed by atoms with E-state index >= 15 is 0 Å². The largest absolute Gasteiger partial charge is 0.382 e. The highest BCUT2D eigenvalue weighted by atomic mass is 16.5. The lowest BCUT2D eigenvalue weighted by atomic mass is 10.0. The monoisotopic (exact) mass is 423 g/mol. The van der Waals surface area contributed by atoms with Crippen LogP contribution in [0.15, 0.2) is 42.3 Å². The van der Waals surface area contributed by atoms with Gasteiger partial charge < -0.3 is 19.9 Å². The number of allylic oxidation sites excluding steroid dienone is 4. The van der Waals surface area contributed by atoms with Crippen LogP contribution < -0.4 is 10.2 Å². The zero-order chi connectivity index (χ0) is 22.4. The molecular weight excluding hydrogens is 390 g/mol. The number of nitrogens with zero attached hydrogens (tertiary/aromatic N) is 4. The first-order valence-corrected chi connectivity index (χ1v) is 10.9. The van der Waals surface area contributed by atoms with Crippen LogP contribution in [-0.2, 0) is 4.74 Å². The van der Waals surface area contributed by atoms with Crippen molar-refractivity contribution >= 4 is 22.8 Å². The summed E-state index contributed by atoms with van der Waals surface area (Å²) in [5.74, 6) is 0.793. The molecule has 3 rings (SSSR count). The Kier molecular flexibility index (Phi) is 7.63. The number of nitrogens with one attached hydrogen (secondary N) is 1. The van der Waals surface area contributed by atoms with E-state index in [1.807, 2.05) is 19.1 Å². The van der Waals surface area contributed by atoms with Crippen LogP contribution in [0.3, 0.4) is 0 Å². The number of hydrogen-bond donors (Lipinski definition) is 1. The summed E-state index contributed by atoms with van der Waals surface area (Å²) in [6.45, 7) is 9.21. The van der Waals surface area contributed by atoms with Crippen molar-refractivity contribution in [3.8, 4) is 0 Å². The summed E-state index contributed by atoms with van der Waals surface area (Å²) in [5, 5.41) is 3.53. The van der Waals surface area contributed by atoms with Crippen molar-refractivity contribution in [2.45, 2.75) is 33.2 Å². The maximum atomic E-state index is 12.7. The van der Waals surface area contributed by atoms with Crippen LogP contribution in [0.25, 0.3) is 11.0 Å². The Morgan fingerprint density at radius 2 is 2.06 bits per heavy atom. The third-order valence-corrected chi connectivity index (χ3v) is 5.28. The van der Waals surface area contributed by atoms with E-state index in [9.17, 15) is 4.79 Å². The van der Waals surface area contributed by atoms with E-state index in [0.29, 0.717) is 18.8 Å². The van der Waals surface area contributed by atoms with Gasteiger partial charge in [0.15, 0.2) is 0 Å². The Labute approximate surface area is 184 Å². The first-order chi connectivity index (χ1) is 14.9. The molecule has 0 radical (unpaired) electrons. The summed E-state index contributed by atoms with van der Waals surface area (Å²) in [6.07, 6.45) is 9.01. The van der Waals surface area contributed by atoms with Gasteiger partial charge in [-0.05, 0) is 38.5 Å². The molecular formula is C24H33N5O2. The molecule has 0 saturated carbocycles. The molecule has 1 aromatic heterocycles. The van der Waals surface area contributed by atoms with Crippen molar-refractivity contribution < 1.29 is 9.53 Å². The van der Waals surface area contributed by atoms with Gasteiger partial charge in [-0.1, -0.05) is 19.1 Å². The molecule has 1 fully saturated rings. The highest BCUT2D eigenvalue weighted by Crippen LogP contribution is 2.27. The van der Waals surface area contributed by atoms with Gasteiger partial charge >= 0.3 is 0 Å². The minimum atomic E-state index is -0.0486. The second kappa shape index (κ2) is 10.4. The van der Waals surface area contributed by atoms with Crippen molar-refractivity contribution in [3.05, 3.63) is 53.4 Å². The van der Waals surface area contributed by atoms with Crippen LogP contribution in [0.1, 0.15) is 49.2 Å². The molecule has 1 atom stereocenters. The minimum Gasteiger partial charge on any atom is -0.382 e. The maximum absolute atomic E-state index is 12.7. The fourth-order valence-corrected chi connectivity index (χ4v) is 3.60. The molecule has 1 aliphatic heterocycles. The van der Waals surface area contributed by atoms with Crippen molar-refractivity contribution in [3.63, 3.8) is 0 Å². The highest BCUT2D eigenvalue weighted by molar-refractivity contribution is 5.98. The Bertz CT molecular complexity index is 977. The average molecular weight is 424 g/mol. The van der Waals surface area contributed by atoms with Gasteiger partial charge in [0, 0.05) is 44.0 Å². The second-order valence-corrected chi connectivity index (χ2v) is 8.01. The van der Waals surface area contributed by atoms with Gasteiger partial charge in [-0.2, -0.15) is 0 Å². The van der Waals surface area contributed by atoms with E-state index in [4.69, 9.17) is 9.72 Å². The fourth-order valence-electron chi connectivity index (χ4n) is 3.60. The molecule has 1 N–H and O–H groups in total. The number of morpholine rings is 1. The molecule has 0 aliphatic carbocycles. The number of carbonyl (C=O) groups is 1. The number of hydrogen-bond acceptors (Lipinski definition) is 6. The smallest absolute Gasteiger partial charge is 0.253 e. The fraction of sp³-hybridized carbons (Fsp3) is 0.458. The zero-order valence-corrected chi connectivity index (χ0v) is 19.2. The third-order valence-electron chi connectivity index (χ3n) is 5.28. The standard InChI is InChI=1S/C24H33N5O2/c1-6-7-8-9-17(2)26-18(3)20-14-19(24(30)28(4)5)15-21-23(20)27-22(16-25-21)29-10-12-31-13-11-29/h7-9,14-16,18,26H,6,10-13H2,1-5H3/b8-7-,17-9+. The third kappa shape index (κ3) is 5.61. The van der Waals surface area contributed by atoms with E-state index in [1.165, 1.54) is 0 Å². The van der Waals surface area contributed by atoms with Crippen LogP contribution in [0.5, 0.6) is 0 Å². The van der Waals surface area contributed by atoms with E-state index in [2.05, 4.69) is 47.3 Å². The average Bonchev–Trinajstić information content (AvgIpc) is 2.78. The predicted octanol–water partition coefficient (Wildman–Crippen LogP) is 3.69. The molecule has 7 nitrogen and oxygen atoms in total. The maximum Gasteiger partial charge on any atom is 0.253 e. The second-order valence-electron chi connectivity index (χ2n) is 8.01. The van der Waals surface area contributed by atoms with Crippen LogP contribution in [-0.4, -0.2) is 61.2 Å². The Morgan fingerprint density at radius 3 is 2.74 bits per heavy atom. The van der Waals surface area contributed by atoms with Crippen molar-refractivity contribution in [1.29, 1.82) is 0 Å². The minimum absolute atomic E-state index is 0.0436. The van der Waals surface area contributed by atoms with Gasteiger partial charge in [-0.15, -0.1) is 0 Å². The van der Waals surface area contributed by atoms with Crippen molar-refractivity contribution in [2.75, 3.05) is 45.3 Å². The van der Waals surface area contributed by atoms with E-state index in [-0.39, 0.29) is 11.9 Å². The van der Waals surface area contributed by atoms with E-state index in [1.54, 1.807) is 25.2 Å². The molecule has 1 unspecified atom stereocenters. The normalized spacial score (nSPS) is 16.0. The first-order valence-electron chi connectivity index (χ1n) is 10.9. The van der Waals surface area contributed by atoms with Gasteiger partial charge in [0.1, 0.15) is 5.82 Å². The summed E-state index contributed by atoms with van der Waals surface area (Å²) < 4.78 is 5.47. The van der Waals surface area contributed by atoms with E-state index < -0.39 is 0 Å². The molecule has 7 heteroatoms. The number of benzene rings is 1. The summed E-state index contributed by atoms with van der Waals surface area (Å²) in [5.41, 5.74) is 4.16. The summed E-state index contributed by atoms with van der Waals surface area (Å²) in [6, 6.07) is 3.73. The quantitative estimate of drug-likeness (QED) is 0.685. The van der Waals surface area contributed by atoms with Gasteiger partial charge in [-0.3, -0.25) is 9.78 Å². The number of amides is 1. The molecule has 1 amide bonds. The molecule has 1 aliphatic rings. The van der Waals surface area contributed by atoms with E-state index in [0.717, 1.165) is 47.6 Å². The van der Waals surface area contributed by atoms with Crippen LogP contribution >= 0.6 is 0 Å². The highest BCUT2D eigenvalue weighted by Gasteiger charge is 2.20. The molecule has 0 bridgehead atoms. The summed E-state index contributed by atoms with van der Waals surface area (Å²) in [4.78, 5) is 26.1. The number of ether oxygens (including phenoxy) is 1. The first kappa shape index (κ1) is 22.7. The lowest BCUT2D eigenvalue weighted by molar-refractivity contribution is 0.0827. The van der Waals surface area contributed by atoms with Gasteiger partial charge in [0.25, 0.3) is 5.91 Å². The van der Waals surface area contributed by atoms with Crippen molar-refractivity contribution in [1.82, 2.24) is 20.2 Å². The van der Waals surface area contributed by atoms with Gasteiger partial charge in [0.2, 0.25) is 0 Å². The predicted molar refractivity (Wildman–Crippen MR) is 125 cm³/mol. The number of aromatic nitrogens is 2.